The lowest BCUT2D eigenvalue weighted by atomic mass is 10.0. The molecule has 0 aliphatic carbocycles. The van der Waals surface area contributed by atoms with Crippen LogP contribution in [0.5, 0.6) is 0 Å². The lowest BCUT2D eigenvalue weighted by Crippen LogP contribution is -2.30. The minimum Gasteiger partial charge on any atom is -0.462 e. The van der Waals surface area contributed by atoms with Crippen LogP contribution in [0.1, 0.15) is 284 Å². The van der Waals surface area contributed by atoms with Crippen LogP contribution in [0.25, 0.3) is 0 Å². The van der Waals surface area contributed by atoms with E-state index in [0.29, 0.717) is 19.3 Å². The monoisotopic (exact) mass is 923 g/mol. The molecule has 0 saturated carbocycles. The minimum atomic E-state index is -0.771. The molecule has 0 aromatic carbocycles. The lowest BCUT2D eigenvalue weighted by Gasteiger charge is -2.18. The first-order chi connectivity index (χ1) is 32.5. The Morgan fingerprint density at radius 1 is 0.318 bits per heavy atom. The van der Waals surface area contributed by atoms with E-state index < -0.39 is 6.10 Å². The number of esters is 3. The van der Waals surface area contributed by atoms with Gasteiger partial charge in [0.05, 0.1) is 0 Å². The van der Waals surface area contributed by atoms with E-state index in [1.807, 2.05) is 0 Å². The molecule has 0 radical (unpaired) electrons. The number of allylic oxidation sites excluding steroid dienone is 10. The quantitative estimate of drug-likeness (QED) is 0.0262. The SMILES string of the molecule is CC/C=C\C/C=C\C/C=C\C/C=C\C/C=C\CCCCCCCCCCCC(=O)OCC(COC(=O)CCCCCCCCCCC)OC(=O)CCCCCCCCCCCCCCCC. The van der Waals surface area contributed by atoms with Crippen molar-refractivity contribution >= 4 is 17.9 Å². The summed E-state index contributed by atoms with van der Waals surface area (Å²) in [5.74, 6) is -0.870. The summed E-state index contributed by atoms with van der Waals surface area (Å²) in [7, 11) is 0. The third-order valence-electron chi connectivity index (χ3n) is 12.3. The Kier molecular flexibility index (Phi) is 52.3. The number of ether oxygens (including phenoxy) is 3. The molecule has 1 unspecified atom stereocenters. The molecule has 0 rings (SSSR count). The molecule has 0 fully saturated rings. The summed E-state index contributed by atoms with van der Waals surface area (Å²) < 4.78 is 16.8. The molecular weight excluding hydrogens is 817 g/mol. The zero-order valence-electron chi connectivity index (χ0n) is 43.7. The second-order valence-electron chi connectivity index (χ2n) is 18.8. The fourth-order valence-corrected chi connectivity index (χ4v) is 8.06. The zero-order valence-corrected chi connectivity index (χ0v) is 43.7. The second-order valence-corrected chi connectivity index (χ2v) is 18.8. The molecule has 6 heteroatoms. The summed E-state index contributed by atoms with van der Waals surface area (Å²) in [6, 6.07) is 0. The lowest BCUT2D eigenvalue weighted by molar-refractivity contribution is -0.167. The normalized spacial score (nSPS) is 12.5. The highest BCUT2D eigenvalue weighted by Gasteiger charge is 2.19. The molecule has 66 heavy (non-hydrogen) atoms. The Balaban J connectivity index is 4.22. The second kappa shape index (κ2) is 54.7. The topological polar surface area (TPSA) is 78.9 Å². The van der Waals surface area contributed by atoms with Crippen LogP contribution in [0.4, 0.5) is 0 Å². The van der Waals surface area contributed by atoms with Crippen molar-refractivity contribution in [3.05, 3.63) is 60.8 Å². The Hall–Kier alpha value is -2.89. The van der Waals surface area contributed by atoms with Crippen molar-refractivity contribution in [2.75, 3.05) is 13.2 Å². The highest BCUT2D eigenvalue weighted by Crippen LogP contribution is 2.16. The molecule has 0 heterocycles. The fourth-order valence-electron chi connectivity index (χ4n) is 8.06. The first kappa shape index (κ1) is 63.1. The molecular formula is C60H106O6. The first-order valence-corrected chi connectivity index (χ1v) is 28.3. The van der Waals surface area contributed by atoms with Gasteiger partial charge in [0, 0.05) is 19.3 Å². The highest BCUT2D eigenvalue weighted by atomic mass is 16.6. The molecule has 0 N–H and O–H groups in total. The fraction of sp³-hybridized carbons (Fsp3) is 0.783. The Labute approximate surface area is 409 Å². The molecule has 0 aliphatic rings. The molecule has 0 amide bonds. The summed E-state index contributed by atoms with van der Waals surface area (Å²) in [6.45, 7) is 6.52. The van der Waals surface area contributed by atoms with Crippen LogP contribution >= 0.6 is 0 Å². The van der Waals surface area contributed by atoms with E-state index in [0.717, 1.165) is 96.3 Å². The summed E-state index contributed by atoms with van der Waals surface area (Å²) in [6.07, 6.45) is 67.9. The predicted molar refractivity (Wildman–Crippen MR) is 284 cm³/mol. The van der Waals surface area contributed by atoms with Gasteiger partial charge in [0.2, 0.25) is 0 Å². The van der Waals surface area contributed by atoms with E-state index in [-0.39, 0.29) is 31.1 Å². The molecule has 0 aliphatic heterocycles. The third-order valence-corrected chi connectivity index (χ3v) is 12.3. The van der Waals surface area contributed by atoms with Gasteiger partial charge in [-0.3, -0.25) is 14.4 Å². The summed E-state index contributed by atoms with van der Waals surface area (Å²) >= 11 is 0. The molecule has 0 bridgehead atoms. The van der Waals surface area contributed by atoms with Crippen LogP contribution in [0.2, 0.25) is 0 Å². The number of hydrogen-bond donors (Lipinski definition) is 0. The van der Waals surface area contributed by atoms with Crippen LogP contribution in [-0.4, -0.2) is 37.2 Å². The Morgan fingerprint density at radius 3 is 0.924 bits per heavy atom. The predicted octanol–water partition coefficient (Wildman–Crippen LogP) is 18.8. The van der Waals surface area contributed by atoms with Crippen molar-refractivity contribution in [3.8, 4) is 0 Å². The molecule has 1 atom stereocenters. The number of carbonyl (C=O) groups is 3. The van der Waals surface area contributed by atoms with Crippen molar-refractivity contribution in [2.24, 2.45) is 0 Å². The van der Waals surface area contributed by atoms with E-state index in [2.05, 4.69) is 81.5 Å². The average Bonchev–Trinajstić information content (AvgIpc) is 3.31. The number of carbonyl (C=O) groups excluding carboxylic acids is 3. The molecule has 6 nitrogen and oxygen atoms in total. The van der Waals surface area contributed by atoms with Crippen molar-refractivity contribution in [1.29, 1.82) is 0 Å². The van der Waals surface area contributed by atoms with Crippen LogP contribution < -0.4 is 0 Å². The molecule has 0 aromatic rings. The Bertz CT molecular complexity index is 1200. The maximum atomic E-state index is 12.8. The largest absolute Gasteiger partial charge is 0.462 e. The van der Waals surface area contributed by atoms with Crippen molar-refractivity contribution < 1.29 is 28.6 Å². The highest BCUT2D eigenvalue weighted by molar-refractivity contribution is 5.71. The van der Waals surface area contributed by atoms with Gasteiger partial charge in [-0.2, -0.15) is 0 Å². The van der Waals surface area contributed by atoms with Gasteiger partial charge < -0.3 is 14.2 Å². The van der Waals surface area contributed by atoms with Crippen LogP contribution in [0.3, 0.4) is 0 Å². The average molecular weight is 924 g/mol. The summed E-state index contributed by atoms with van der Waals surface area (Å²) in [4.78, 5) is 38.0. The molecule has 382 valence electrons. The van der Waals surface area contributed by atoms with Gasteiger partial charge in [0.25, 0.3) is 0 Å². The number of rotatable bonds is 51. The maximum absolute atomic E-state index is 12.8. The molecule has 0 saturated heterocycles. The van der Waals surface area contributed by atoms with Crippen molar-refractivity contribution in [1.82, 2.24) is 0 Å². The van der Waals surface area contributed by atoms with E-state index in [9.17, 15) is 14.4 Å². The standard InChI is InChI=1S/C60H106O6/c1-4-7-10-13-16-19-21-23-25-26-27-28-29-30-31-32-33-34-35-37-38-41-44-47-50-53-59(62)65-56-57(55-64-58(61)52-49-46-43-40-18-15-12-9-6-3)66-60(63)54-51-48-45-42-39-36-24-22-20-17-14-11-8-5-2/h7,10,16,19,23,25,27-28,30-31,57H,4-6,8-9,11-15,17-18,20-22,24,26,29,32-56H2,1-3H3/b10-7-,19-16-,25-23-,28-27-,31-30-. The summed E-state index contributed by atoms with van der Waals surface area (Å²) in [5.41, 5.74) is 0. The van der Waals surface area contributed by atoms with Crippen LogP contribution in [0, 0.1) is 0 Å². The van der Waals surface area contributed by atoms with Gasteiger partial charge in [-0.15, -0.1) is 0 Å². The van der Waals surface area contributed by atoms with Gasteiger partial charge in [0.15, 0.2) is 6.10 Å². The van der Waals surface area contributed by atoms with Gasteiger partial charge in [-0.25, -0.2) is 0 Å². The van der Waals surface area contributed by atoms with Crippen LogP contribution in [0.15, 0.2) is 60.8 Å². The van der Waals surface area contributed by atoms with Crippen molar-refractivity contribution in [3.63, 3.8) is 0 Å². The first-order valence-electron chi connectivity index (χ1n) is 28.3. The van der Waals surface area contributed by atoms with Gasteiger partial charge in [-0.05, 0) is 64.2 Å². The van der Waals surface area contributed by atoms with E-state index in [1.165, 1.54) is 148 Å². The van der Waals surface area contributed by atoms with Crippen LogP contribution in [-0.2, 0) is 28.6 Å². The van der Waals surface area contributed by atoms with E-state index >= 15 is 0 Å². The maximum Gasteiger partial charge on any atom is 0.306 e. The number of unbranched alkanes of at least 4 members (excludes halogenated alkanes) is 30. The Morgan fingerprint density at radius 2 is 0.591 bits per heavy atom. The van der Waals surface area contributed by atoms with Gasteiger partial charge in [0.1, 0.15) is 13.2 Å². The van der Waals surface area contributed by atoms with E-state index in [4.69, 9.17) is 14.2 Å². The molecule has 0 aromatic heterocycles. The number of hydrogen-bond acceptors (Lipinski definition) is 6. The smallest absolute Gasteiger partial charge is 0.306 e. The zero-order chi connectivity index (χ0) is 47.9. The van der Waals surface area contributed by atoms with Gasteiger partial charge >= 0.3 is 17.9 Å². The van der Waals surface area contributed by atoms with E-state index in [1.54, 1.807) is 0 Å². The molecule has 0 spiro atoms. The minimum absolute atomic E-state index is 0.0720. The summed E-state index contributed by atoms with van der Waals surface area (Å²) in [5, 5.41) is 0. The van der Waals surface area contributed by atoms with Crippen molar-refractivity contribution in [2.45, 2.75) is 290 Å². The van der Waals surface area contributed by atoms with Gasteiger partial charge in [-0.1, -0.05) is 261 Å². The third kappa shape index (κ3) is 52.1.